The van der Waals surface area contributed by atoms with Gasteiger partial charge in [0.2, 0.25) is 0 Å². The fourth-order valence-electron chi connectivity index (χ4n) is 2.46. The lowest BCUT2D eigenvalue weighted by Crippen LogP contribution is -2.31. The van der Waals surface area contributed by atoms with Crippen LogP contribution >= 0.6 is 22.6 Å². The Morgan fingerprint density at radius 2 is 2.33 bits per heavy atom. The van der Waals surface area contributed by atoms with Gasteiger partial charge in [-0.2, -0.15) is 0 Å². The van der Waals surface area contributed by atoms with Gasteiger partial charge in [-0.3, -0.25) is 4.79 Å². The average Bonchev–Trinajstić information content (AvgIpc) is 2.15. The largest absolute Gasteiger partial charge is 0.298 e. The molecule has 2 atom stereocenters. The molecule has 0 radical (unpaired) electrons. The third-order valence-corrected chi connectivity index (χ3v) is 4.41. The molecule has 1 nitrogen and oxygen atoms in total. The molecule has 1 fully saturated rings. The summed E-state index contributed by atoms with van der Waals surface area (Å²) in [6, 6.07) is 0. The first-order valence-corrected chi connectivity index (χ1v) is 6.99. The molecule has 0 aromatic heterocycles. The molecule has 0 N–H and O–H groups in total. The van der Waals surface area contributed by atoms with Crippen LogP contribution in [0.2, 0.25) is 0 Å². The van der Waals surface area contributed by atoms with Gasteiger partial charge in [0.1, 0.15) is 5.78 Å². The van der Waals surface area contributed by atoms with Gasteiger partial charge in [0.25, 0.3) is 0 Å². The lowest BCUT2D eigenvalue weighted by Gasteiger charge is -2.35. The van der Waals surface area contributed by atoms with E-state index in [1.807, 2.05) is 6.08 Å². The molecule has 0 saturated heterocycles. The molecule has 0 spiro atoms. The summed E-state index contributed by atoms with van der Waals surface area (Å²) in [5.74, 6) is 0.749. The van der Waals surface area contributed by atoms with Gasteiger partial charge in [-0.25, -0.2) is 0 Å². The van der Waals surface area contributed by atoms with Crippen molar-refractivity contribution in [2.45, 2.75) is 49.9 Å². The summed E-state index contributed by atoms with van der Waals surface area (Å²) < 4.78 is 0.138. The molecule has 1 saturated carbocycles. The molecule has 1 aliphatic rings. The summed E-state index contributed by atoms with van der Waals surface area (Å²) in [5.41, 5.74) is 0.364. The minimum absolute atomic E-state index is 0.138. The summed E-state index contributed by atoms with van der Waals surface area (Å²) in [7, 11) is 0. The van der Waals surface area contributed by atoms with Crippen molar-refractivity contribution in [1.29, 1.82) is 0 Å². The molecule has 2 heteroatoms. The van der Waals surface area contributed by atoms with E-state index >= 15 is 0 Å². The Morgan fingerprint density at radius 1 is 1.67 bits per heavy atom. The lowest BCUT2D eigenvalue weighted by atomic mass is 9.70. The highest BCUT2D eigenvalue weighted by Gasteiger charge is 2.33. The van der Waals surface area contributed by atoms with E-state index in [4.69, 9.17) is 0 Å². The van der Waals surface area contributed by atoms with Gasteiger partial charge in [-0.05, 0) is 31.1 Å². The second-order valence-corrected chi connectivity index (χ2v) is 6.86. The first-order valence-electron chi connectivity index (χ1n) is 5.75. The standard InChI is InChI=1S/C13H21IO/c1-4-6-11(14)12(15)10-7-5-8-13(2,3)9-10/h4,10-11H,1,5-9H2,2-3H3. The van der Waals surface area contributed by atoms with Crippen molar-refractivity contribution >= 4 is 28.4 Å². The van der Waals surface area contributed by atoms with Gasteiger partial charge in [-0.15, -0.1) is 6.58 Å². The summed E-state index contributed by atoms with van der Waals surface area (Å²) >= 11 is 2.26. The van der Waals surface area contributed by atoms with Crippen molar-refractivity contribution in [2.75, 3.05) is 0 Å². The minimum atomic E-state index is 0.138. The Balaban J connectivity index is 2.56. The third-order valence-electron chi connectivity index (χ3n) is 3.29. The van der Waals surface area contributed by atoms with Crippen molar-refractivity contribution in [2.24, 2.45) is 11.3 Å². The lowest BCUT2D eigenvalue weighted by molar-refractivity contribution is -0.124. The molecule has 0 aromatic carbocycles. The predicted octanol–water partition coefficient (Wildman–Crippen LogP) is 4.15. The Bertz CT molecular complexity index is 245. The van der Waals surface area contributed by atoms with Crippen molar-refractivity contribution < 1.29 is 4.79 Å². The summed E-state index contributed by atoms with van der Waals surface area (Å²) in [6.07, 6.45) is 7.31. The first-order chi connectivity index (χ1) is 6.96. The summed E-state index contributed by atoms with van der Waals surface area (Å²) in [5, 5.41) is 0. The number of halogens is 1. The zero-order chi connectivity index (χ0) is 11.5. The molecule has 1 aliphatic carbocycles. The zero-order valence-electron chi connectivity index (χ0n) is 9.76. The smallest absolute Gasteiger partial charge is 0.149 e. The van der Waals surface area contributed by atoms with Crippen LogP contribution in [-0.4, -0.2) is 9.71 Å². The zero-order valence-corrected chi connectivity index (χ0v) is 11.9. The predicted molar refractivity (Wildman–Crippen MR) is 73.4 cm³/mol. The molecule has 0 amide bonds. The van der Waals surface area contributed by atoms with Crippen LogP contribution < -0.4 is 0 Å². The number of ketones is 1. The van der Waals surface area contributed by atoms with Gasteiger partial charge >= 0.3 is 0 Å². The molecule has 86 valence electrons. The number of carbonyl (C=O) groups is 1. The highest BCUT2D eigenvalue weighted by molar-refractivity contribution is 14.1. The van der Waals surface area contributed by atoms with Crippen LogP contribution in [0.5, 0.6) is 0 Å². The van der Waals surface area contributed by atoms with Crippen molar-refractivity contribution in [1.82, 2.24) is 0 Å². The summed E-state index contributed by atoms with van der Waals surface area (Å²) in [6.45, 7) is 8.26. The Labute approximate surface area is 107 Å². The van der Waals surface area contributed by atoms with E-state index in [2.05, 4.69) is 43.0 Å². The maximum Gasteiger partial charge on any atom is 0.149 e. The van der Waals surface area contributed by atoms with Crippen LogP contribution in [0.3, 0.4) is 0 Å². The number of rotatable bonds is 4. The Kier molecular flexibility index (Phi) is 4.81. The minimum Gasteiger partial charge on any atom is -0.298 e. The SMILES string of the molecule is C=CCC(I)C(=O)C1CCCC(C)(C)C1. The van der Waals surface area contributed by atoms with Crippen molar-refractivity contribution in [3.8, 4) is 0 Å². The van der Waals surface area contributed by atoms with Crippen LogP contribution in [0.4, 0.5) is 0 Å². The molecule has 15 heavy (non-hydrogen) atoms. The van der Waals surface area contributed by atoms with Crippen molar-refractivity contribution in [3.63, 3.8) is 0 Å². The first kappa shape index (κ1) is 13.2. The van der Waals surface area contributed by atoms with E-state index in [1.165, 1.54) is 12.8 Å². The second-order valence-electron chi connectivity index (χ2n) is 5.35. The molecular weight excluding hydrogens is 299 g/mol. The topological polar surface area (TPSA) is 17.1 Å². The molecule has 0 aliphatic heterocycles. The fraction of sp³-hybridized carbons (Fsp3) is 0.769. The third kappa shape index (κ3) is 3.89. The number of carbonyl (C=O) groups excluding carboxylic acids is 1. The fourth-order valence-corrected chi connectivity index (χ4v) is 3.33. The van der Waals surface area contributed by atoms with Gasteiger partial charge < -0.3 is 0 Å². The van der Waals surface area contributed by atoms with Crippen molar-refractivity contribution in [3.05, 3.63) is 12.7 Å². The number of hydrogen-bond acceptors (Lipinski definition) is 1. The van der Waals surface area contributed by atoms with Gasteiger partial charge in [0, 0.05) is 5.92 Å². The highest BCUT2D eigenvalue weighted by Crippen LogP contribution is 2.39. The van der Waals surface area contributed by atoms with Crippen LogP contribution in [0, 0.1) is 11.3 Å². The number of alkyl halides is 1. The summed E-state index contributed by atoms with van der Waals surface area (Å²) in [4.78, 5) is 12.1. The van der Waals surface area contributed by atoms with Crippen LogP contribution in [0.15, 0.2) is 12.7 Å². The van der Waals surface area contributed by atoms with E-state index in [9.17, 15) is 4.79 Å². The highest BCUT2D eigenvalue weighted by atomic mass is 127. The number of allylic oxidation sites excluding steroid dienone is 1. The van der Waals surface area contributed by atoms with Crippen LogP contribution in [-0.2, 0) is 4.79 Å². The van der Waals surface area contributed by atoms with E-state index in [0.717, 1.165) is 19.3 Å². The quantitative estimate of drug-likeness (QED) is 0.432. The molecular formula is C13H21IO. The molecule has 0 aromatic rings. The monoisotopic (exact) mass is 320 g/mol. The Hall–Kier alpha value is 0.140. The molecule has 2 unspecified atom stereocenters. The van der Waals surface area contributed by atoms with E-state index in [0.29, 0.717) is 17.1 Å². The number of hydrogen-bond donors (Lipinski definition) is 0. The van der Waals surface area contributed by atoms with Gasteiger partial charge in [-0.1, -0.05) is 48.9 Å². The van der Waals surface area contributed by atoms with Gasteiger partial charge in [0.15, 0.2) is 0 Å². The maximum atomic E-state index is 12.1. The van der Waals surface area contributed by atoms with E-state index in [1.54, 1.807) is 0 Å². The second kappa shape index (κ2) is 5.46. The molecule has 1 rings (SSSR count). The Morgan fingerprint density at radius 3 is 2.87 bits per heavy atom. The maximum absolute atomic E-state index is 12.1. The van der Waals surface area contributed by atoms with E-state index < -0.39 is 0 Å². The number of Topliss-reactive ketones (excluding diaryl/α,β-unsaturated/α-hetero) is 1. The van der Waals surface area contributed by atoms with Gasteiger partial charge in [0.05, 0.1) is 3.92 Å². The molecule has 0 heterocycles. The van der Waals surface area contributed by atoms with E-state index in [-0.39, 0.29) is 3.92 Å². The molecule has 0 bridgehead atoms. The normalized spacial score (nSPS) is 27.0. The van der Waals surface area contributed by atoms with Crippen LogP contribution in [0.25, 0.3) is 0 Å². The van der Waals surface area contributed by atoms with Crippen LogP contribution in [0.1, 0.15) is 46.0 Å². The average molecular weight is 320 g/mol.